The van der Waals surface area contributed by atoms with E-state index in [4.69, 9.17) is 16.3 Å². The third-order valence-corrected chi connectivity index (χ3v) is 6.07. The van der Waals surface area contributed by atoms with Gasteiger partial charge < -0.3 is 4.74 Å². The van der Waals surface area contributed by atoms with Gasteiger partial charge in [-0.1, -0.05) is 11.6 Å². The van der Waals surface area contributed by atoms with Gasteiger partial charge in [0, 0.05) is 6.20 Å². The van der Waals surface area contributed by atoms with Crippen LogP contribution in [0.3, 0.4) is 0 Å². The molecule has 0 spiro atoms. The summed E-state index contributed by atoms with van der Waals surface area (Å²) in [6, 6.07) is 6.88. The second-order valence-corrected chi connectivity index (χ2v) is 8.13. The number of hydrogen-bond acceptors (Lipinski definition) is 4. The van der Waals surface area contributed by atoms with E-state index >= 15 is 0 Å². The van der Waals surface area contributed by atoms with Gasteiger partial charge in [-0.15, -0.1) is 0 Å². The Morgan fingerprint density at radius 3 is 2.74 bits per heavy atom. The van der Waals surface area contributed by atoms with Crippen LogP contribution in [0, 0.1) is 5.82 Å². The highest BCUT2D eigenvalue weighted by Gasteiger charge is 2.38. The molecule has 0 aliphatic carbocycles. The van der Waals surface area contributed by atoms with Crippen molar-refractivity contribution in [3.8, 4) is 5.88 Å². The van der Waals surface area contributed by atoms with Crippen LogP contribution < -0.4 is 4.74 Å². The van der Waals surface area contributed by atoms with Crippen molar-refractivity contribution in [3.05, 3.63) is 51.8 Å². The Morgan fingerprint density at radius 2 is 2.09 bits per heavy atom. The summed E-state index contributed by atoms with van der Waals surface area (Å²) in [7, 11) is -3.71. The molecule has 1 aromatic heterocycles. The number of halogens is 3. The van der Waals surface area contributed by atoms with E-state index in [-0.39, 0.29) is 29.1 Å². The first-order valence-corrected chi connectivity index (χ1v) is 9.21. The second-order valence-electron chi connectivity index (χ2n) is 4.93. The summed E-state index contributed by atoms with van der Waals surface area (Å²) >= 11 is 8.96. The summed E-state index contributed by atoms with van der Waals surface area (Å²) in [5.41, 5.74) is 0. The fraction of sp³-hybridized carbons (Fsp3) is 0.214. The molecule has 0 atom stereocenters. The van der Waals surface area contributed by atoms with Crippen molar-refractivity contribution in [2.24, 2.45) is 0 Å². The van der Waals surface area contributed by atoms with Crippen LogP contribution >= 0.6 is 27.5 Å². The second kappa shape index (κ2) is 6.35. The van der Waals surface area contributed by atoms with Gasteiger partial charge in [-0.3, -0.25) is 0 Å². The zero-order chi connectivity index (χ0) is 16.6. The normalized spacial score (nSPS) is 16.1. The topological polar surface area (TPSA) is 59.5 Å². The van der Waals surface area contributed by atoms with Crippen molar-refractivity contribution in [3.63, 3.8) is 0 Å². The zero-order valence-electron chi connectivity index (χ0n) is 11.6. The van der Waals surface area contributed by atoms with Crippen molar-refractivity contribution in [1.29, 1.82) is 0 Å². The van der Waals surface area contributed by atoms with Crippen LogP contribution in [0.15, 0.2) is 45.9 Å². The lowest BCUT2D eigenvalue weighted by atomic mass is 10.2. The van der Waals surface area contributed by atoms with Crippen molar-refractivity contribution < 1.29 is 17.5 Å². The zero-order valence-corrected chi connectivity index (χ0v) is 14.8. The van der Waals surface area contributed by atoms with Crippen LogP contribution in [0.5, 0.6) is 5.88 Å². The predicted molar refractivity (Wildman–Crippen MR) is 86.5 cm³/mol. The monoisotopic (exact) mass is 420 g/mol. The van der Waals surface area contributed by atoms with Crippen LogP contribution in [-0.4, -0.2) is 36.9 Å². The van der Waals surface area contributed by atoms with Gasteiger partial charge in [-0.05, 0) is 46.3 Å². The van der Waals surface area contributed by atoms with Crippen molar-refractivity contribution in [2.75, 3.05) is 13.1 Å². The molecule has 0 unspecified atom stereocenters. The first kappa shape index (κ1) is 16.6. The van der Waals surface area contributed by atoms with E-state index in [1.807, 2.05) is 0 Å². The van der Waals surface area contributed by atoms with Crippen LogP contribution in [-0.2, 0) is 10.0 Å². The largest absolute Gasteiger partial charge is 0.471 e. The SMILES string of the molecule is O=S(=O)(c1ccc(F)c(Cl)c1)N1CC(Oc2ncccc2Br)C1. The molecule has 122 valence electrons. The maximum absolute atomic E-state index is 13.2. The maximum atomic E-state index is 13.2. The van der Waals surface area contributed by atoms with Crippen LogP contribution in [0.2, 0.25) is 5.02 Å². The molecule has 0 saturated carbocycles. The van der Waals surface area contributed by atoms with Gasteiger partial charge in [0.15, 0.2) is 0 Å². The van der Waals surface area contributed by atoms with E-state index in [0.717, 1.165) is 12.1 Å². The average molecular weight is 422 g/mol. The minimum Gasteiger partial charge on any atom is -0.471 e. The Hall–Kier alpha value is -1.22. The Kier molecular flexibility index (Phi) is 4.59. The number of sulfonamides is 1. The molecule has 23 heavy (non-hydrogen) atoms. The van der Waals surface area contributed by atoms with Gasteiger partial charge in [-0.2, -0.15) is 4.31 Å². The summed E-state index contributed by atoms with van der Waals surface area (Å²) in [6.45, 7) is 0.390. The highest BCUT2D eigenvalue weighted by Crippen LogP contribution is 2.28. The Labute approximate surface area is 146 Å². The highest BCUT2D eigenvalue weighted by molar-refractivity contribution is 9.10. The summed E-state index contributed by atoms with van der Waals surface area (Å²) < 4.78 is 45.6. The minimum absolute atomic E-state index is 0.0404. The molecular weight excluding hydrogens is 411 g/mol. The van der Waals surface area contributed by atoms with E-state index in [0.29, 0.717) is 10.4 Å². The highest BCUT2D eigenvalue weighted by atomic mass is 79.9. The molecule has 1 aliphatic heterocycles. The summed E-state index contributed by atoms with van der Waals surface area (Å²) in [5.74, 6) is -0.241. The summed E-state index contributed by atoms with van der Waals surface area (Å²) in [4.78, 5) is 4.03. The number of hydrogen-bond donors (Lipinski definition) is 0. The lowest BCUT2D eigenvalue weighted by Gasteiger charge is -2.37. The van der Waals surface area contributed by atoms with Gasteiger partial charge in [0.1, 0.15) is 11.9 Å². The molecule has 0 amide bonds. The van der Waals surface area contributed by atoms with Crippen LogP contribution in [0.25, 0.3) is 0 Å². The molecule has 1 aliphatic rings. The number of pyridine rings is 1. The number of aromatic nitrogens is 1. The lowest BCUT2D eigenvalue weighted by Crippen LogP contribution is -2.56. The molecule has 0 N–H and O–H groups in total. The van der Waals surface area contributed by atoms with Gasteiger partial charge in [0.25, 0.3) is 0 Å². The fourth-order valence-electron chi connectivity index (χ4n) is 2.07. The Morgan fingerprint density at radius 1 is 1.35 bits per heavy atom. The molecule has 3 rings (SSSR count). The van der Waals surface area contributed by atoms with Crippen LogP contribution in [0.1, 0.15) is 0 Å². The molecule has 2 heterocycles. The van der Waals surface area contributed by atoms with Crippen molar-refractivity contribution in [2.45, 2.75) is 11.0 Å². The molecule has 1 fully saturated rings. The fourth-order valence-corrected chi connectivity index (χ4v) is 4.20. The van der Waals surface area contributed by atoms with E-state index in [2.05, 4.69) is 20.9 Å². The Balaban J connectivity index is 1.68. The molecule has 0 radical (unpaired) electrons. The molecule has 9 heteroatoms. The Bertz CT molecular complexity index is 844. The van der Waals surface area contributed by atoms with E-state index in [1.165, 1.54) is 10.4 Å². The summed E-state index contributed by atoms with van der Waals surface area (Å²) in [5, 5.41) is -0.225. The van der Waals surface area contributed by atoms with E-state index in [9.17, 15) is 12.8 Å². The smallest absolute Gasteiger partial charge is 0.243 e. The standard InChI is InChI=1S/C14H11BrClFN2O3S/c15-11-2-1-5-18-14(11)22-9-7-19(8-9)23(20,21)10-3-4-13(17)12(16)6-10/h1-6,9H,7-8H2. The lowest BCUT2D eigenvalue weighted by molar-refractivity contribution is 0.0713. The van der Waals surface area contributed by atoms with E-state index < -0.39 is 15.8 Å². The van der Waals surface area contributed by atoms with Crippen molar-refractivity contribution in [1.82, 2.24) is 9.29 Å². The first-order chi connectivity index (χ1) is 10.9. The number of benzene rings is 1. The number of nitrogens with zero attached hydrogens (tertiary/aromatic N) is 2. The van der Waals surface area contributed by atoms with Gasteiger partial charge in [-0.25, -0.2) is 17.8 Å². The predicted octanol–water partition coefficient (Wildman–Crippen LogP) is 3.09. The van der Waals surface area contributed by atoms with Gasteiger partial charge in [0.05, 0.1) is 27.5 Å². The third-order valence-electron chi connectivity index (χ3n) is 3.35. The van der Waals surface area contributed by atoms with E-state index in [1.54, 1.807) is 18.3 Å². The third kappa shape index (κ3) is 3.35. The molecule has 2 aromatic rings. The number of rotatable bonds is 4. The van der Waals surface area contributed by atoms with Crippen molar-refractivity contribution >= 4 is 37.6 Å². The number of ether oxygens (including phenoxy) is 1. The molecule has 0 bridgehead atoms. The molecule has 5 nitrogen and oxygen atoms in total. The quantitative estimate of drug-likeness (QED) is 0.761. The average Bonchev–Trinajstić information content (AvgIpc) is 2.46. The first-order valence-electron chi connectivity index (χ1n) is 6.60. The van der Waals surface area contributed by atoms with Crippen LogP contribution in [0.4, 0.5) is 4.39 Å². The van der Waals surface area contributed by atoms with Gasteiger partial charge in [0.2, 0.25) is 15.9 Å². The van der Waals surface area contributed by atoms with Gasteiger partial charge >= 0.3 is 0 Å². The molecule has 1 aromatic carbocycles. The molecular formula is C14H11BrClFN2O3S. The maximum Gasteiger partial charge on any atom is 0.243 e. The minimum atomic E-state index is -3.71. The summed E-state index contributed by atoms with van der Waals surface area (Å²) in [6.07, 6.45) is 1.31. The molecule has 1 saturated heterocycles.